The van der Waals surface area contributed by atoms with Gasteiger partial charge in [-0.1, -0.05) is 20.4 Å². The van der Waals surface area contributed by atoms with Crippen LogP contribution in [0, 0.1) is 11.8 Å². The lowest BCUT2D eigenvalue weighted by Gasteiger charge is -2.51. The van der Waals surface area contributed by atoms with Crippen molar-refractivity contribution in [2.24, 2.45) is 11.8 Å². The summed E-state index contributed by atoms with van der Waals surface area (Å²) in [4.78, 5) is 14.0. The molecule has 11 aliphatic rings. The van der Waals surface area contributed by atoms with Gasteiger partial charge in [0.1, 0.15) is 36.6 Å². The van der Waals surface area contributed by atoms with Crippen molar-refractivity contribution >= 4 is 5.97 Å². The first-order valence-corrected chi connectivity index (χ1v) is 21.2. The minimum atomic E-state index is -0.796. The van der Waals surface area contributed by atoms with Gasteiger partial charge in [-0.15, -0.1) is 0 Å². The fraction of sp³-hybridized carbons (Fsp3) is 0.927. The molecule has 13 nitrogen and oxygen atoms in total. The van der Waals surface area contributed by atoms with E-state index in [9.17, 15) is 15.0 Å². The van der Waals surface area contributed by atoms with Crippen molar-refractivity contribution in [3.63, 3.8) is 0 Å². The number of hydrogen-bond acceptors (Lipinski definition) is 13. The van der Waals surface area contributed by atoms with Crippen molar-refractivity contribution in [3.8, 4) is 0 Å². The lowest BCUT2D eigenvalue weighted by Crippen LogP contribution is -2.62. The minimum Gasteiger partial charge on any atom is -0.459 e. The molecule has 8 unspecified atom stereocenters. The van der Waals surface area contributed by atoms with E-state index < -0.39 is 36.3 Å². The van der Waals surface area contributed by atoms with Crippen LogP contribution in [0.5, 0.6) is 0 Å². The summed E-state index contributed by atoms with van der Waals surface area (Å²) in [6.45, 7) is 8.69. The van der Waals surface area contributed by atoms with E-state index in [1.165, 1.54) is 0 Å². The number of ether oxygens (including phenoxy) is 10. The fourth-order valence-electron chi connectivity index (χ4n) is 12.0. The van der Waals surface area contributed by atoms with E-state index in [2.05, 4.69) is 20.4 Å². The number of aliphatic hydroxyl groups is 2. The predicted molar refractivity (Wildman–Crippen MR) is 188 cm³/mol. The molecule has 0 aromatic heterocycles. The largest absolute Gasteiger partial charge is 0.459 e. The fourth-order valence-corrected chi connectivity index (χ4v) is 12.0. The summed E-state index contributed by atoms with van der Waals surface area (Å²) in [6, 6.07) is 0. The van der Waals surface area contributed by atoms with Crippen molar-refractivity contribution in [3.05, 3.63) is 12.2 Å². The molecule has 2 N–H and O–H groups in total. The third kappa shape index (κ3) is 6.72. The van der Waals surface area contributed by atoms with E-state index in [4.69, 9.17) is 47.4 Å². The van der Waals surface area contributed by atoms with Crippen molar-refractivity contribution < 1.29 is 62.4 Å². The third-order valence-electron chi connectivity index (χ3n) is 14.6. The third-order valence-corrected chi connectivity index (χ3v) is 14.6. The molecule has 11 aliphatic heterocycles. The number of fused-ring (bicyclic) bond motifs is 7. The Bertz CT molecular complexity index is 1410. The van der Waals surface area contributed by atoms with Crippen molar-refractivity contribution in [1.82, 2.24) is 0 Å². The average molecular weight is 761 g/mol. The zero-order valence-corrected chi connectivity index (χ0v) is 31.7. The van der Waals surface area contributed by atoms with E-state index in [1.807, 2.05) is 0 Å². The number of carbonyl (C=O) groups is 1. The number of esters is 1. The van der Waals surface area contributed by atoms with Gasteiger partial charge in [-0.2, -0.15) is 0 Å². The smallest absolute Gasteiger partial charge is 0.308 e. The molecule has 1 spiro atoms. The summed E-state index contributed by atoms with van der Waals surface area (Å²) in [5.74, 6) is -0.876. The van der Waals surface area contributed by atoms with Gasteiger partial charge in [0.2, 0.25) is 0 Å². The van der Waals surface area contributed by atoms with Crippen LogP contribution in [0.25, 0.3) is 0 Å². The number of rotatable bonds is 2. The highest BCUT2D eigenvalue weighted by molar-refractivity contribution is 5.70. The van der Waals surface area contributed by atoms with E-state index in [0.29, 0.717) is 44.4 Å². The van der Waals surface area contributed by atoms with Crippen LogP contribution in [-0.2, 0) is 52.2 Å². The second kappa shape index (κ2) is 14.5. The molecular formula is C41H60O13. The lowest BCUT2D eigenvalue weighted by atomic mass is 9.80. The molecule has 11 fully saturated rings. The Kier molecular flexibility index (Phi) is 9.99. The van der Waals surface area contributed by atoms with E-state index in [-0.39, 0.29) is 104 Å². The average Bonchev–Trinajstić information content (AvgIpc) is 3.72. The van der Waals surface area contributed by atoms with Gasteiger partial charge in [-0.3, -0.25) is 4.79 Å². The van der Waals surface area contributed by atoms with E-state index in [1.54, 1.807) is 0 Å². The molecule has 13 heteroatoms. The van der Waals surface area contributed by atoms with Gasteiger partial charge >= 0.3 is 5.97 Å². The normalized spacial score (nSPS) is 55.7. The Balaban J connectivity index is 0.924. The zero-order chi connectivity index (χ0) is 36.9. The predicted octanol–water partition coefficient (Wildman–Crippen LogP) is 3.42. The first-order valence-electron chi connectivity index (χ1n) is 21.2. The summed E-state index contributed by atoms with van der Waals surface area (Å²) in [5.41, 5.74) is 1.14. The van der Waals surface area contributed by atoms with E-state index >= 15 is 0 Å². The van der Waals surface area contributed by atoms with Crippen LogP contribution in [0.4, 0.5) is 0 Å². The summed E-state index contributed by atoms with van der Waals surface area (Å²) < 4.78 is 66.8. The Morgan fingerprint density at radius 1 is 0.667 bits per heavy atom. The maximum atomic E-state index is 14.0. The van der Waals surface area contributed by atoms with Crippen LogP contribution in [0.1, 0.15) is 104 Å². The maximum Gasteiger partial charge on any atom is 0.308 e. The molecule has 0 aliphatic carbocycles. The lowest BCUT2D eigenvalue weighted by molar-refractivity contribution is -0.293. The highest BCUT2D eigenvalue weighted by atomic mass is 16.8. The number of hydrogen-bond donors (Lipinski definition) is 2. The van der Waals surface area contributed by atoms with Gasteiger partial charge in [0.05, 0.1) is 79.7 Å². The highest BCUT2D eigenvalue weighted by Gasteiger charge is 2.69. The Hall–Kier alpha value is -1.23. The van der Waals surface area contributed by atoms with Gasteiger partial charge in [-0.25, -0.2) is 0 Å². The molecule has 0 aromatic rings. The number of carbonyl (C=O) groups excluding carboxylic acids is 1. The van der Waals surface area contributed by atoms with Gasteiger partial charge in [-0.05, 0) is 69.3 Å². The van der Waals surface area contributed by atoms with Crippen molar-refractivity contribution in [2.45, 2.75) is 219 Å². The maximum absolute atomic E-state index is 14.0. The van der Waals surface area contributed by atoms with Crippen LogP contribution >= 0.6 is 0 Å². The topological polar surface area (TPSA) is 150 Å². The monoisotopic (exact) mass is 760 g/mol. The zero-order valence-electron chi connectivity index (χ0n) is 31.7. The molecule has 0 radical (unpaired) electrons. The second-order valence-electron chi connectivity index (χ2n) is 18.5. The van der Waals surface area contributed by atoms with E-state index in [0.717, 1.165) is 50.5 Å². The second-order valence-corrected chi connectivity index (χ2v) is 18.5. The molecule has 54 heavy (non-hydrogen) atoms. The number of aliphatic hydroxyl groups excluding tert-OH is 2. The summed E-state index contributed by atoms with van der Waals surface area (Å²) >= 11 is 0. The van der Waals surface area contributed by atoms with Crippen LogP contribution in [0.3, 0.4) is 0 Å². The first-order chi connectivity index (χ1) is 26.1. The molecular weight excluding hydrogens is 700 g/mol. The highest BCUT2D eigenvalue weighted by Crippen LogP contribution is 2.54. The van der Waals surface area contributed by atoms with Gasteiger partial charge in [0.15, 0.2) is 5.79 Å². The molecule has 21 atom stereocenters. The van der Waals surface area contributed by atoms with Crippen LogP contribution in [0.2, 0.25) is 0 Å². The van der Waals surface area contributed by atoms with Crippen molar-refractivity contribution in [2.75, 3.05) is 6.61 Å². The molecule has 12 bridgehead atoms. The molecule has 0 saturated carbocycles. The van der Waals surface area contributed by atoms with Crippen molar-refractivity contribution in [1.29, 1.82) is 0 Å². The van der Waals surface area contributed by atoms with Gasteiger partial charge in [0.25, 0.3) is 0 Å². The molecule has 0 aromatic carbocycles. The van der Waals surface area contributed by atoms with Crippen LogP contribution < -0.4 is 0 Å². The Labute approximate surface area is 317 Å². The van der Waals surface area contributed by atoms with Crippen LogP contribution in [-0.4, -0.2) is 138 Å². The summed E-state index contributed by atoms with van der Waals surface area (Å²) in [6.07, 6.45) is 4.40. The summed E-state index contributed by atoms with van der Waals surface area (Å²) in [7, 11) is 0. The molecule has 0 amide bonds. The van der Waals surface area contributed by atoms with Gasteiger partial charge in [0, 0.05) is 38.2 Å². The minimum absolute atomic E-state index is 0.00957. The standard InChI is InChI=1S/C41H60O13/c1-19-12-22-4-6-27-20(2)14-24(46-27)8-10-41-18-32-37(53-41)38-39(51-32)40(54-41)36-29(50-38)7-5-23(47-36)16-33(44)52-35-21(3)34-31(17-26(43)28(49-34)9-11-42)48-30(35)15-25(13-19)45-22/h19,21-32,34-40,42-43H,2,4-18H2,1,3H3/t19?,21-,22-,23+,24?,25-,26?,27-,28?,29?,30-,31-,32+,34-,35?,36-,37?,38-,39+,40?,41-/m0/s1. The quantitative estimate of drug-likeness (QED) is 0.313. The SMILES string of the molecule is C=C1CC2CC[C@@]34C[C@H]5O[C@H]6C(O3)[C@H]3O[C@H](CCC3O[C@H]6C5O4)CC(=O)OC3[C@H](C[C@@H]4CC(C)C[C@H](CC[C@@H]1O2)O4)O[C@H]1CC(O)C(CCO)O[C@H]1[C@@H]3C. The molecule has 11 saturated heterocycles. The summed E-state index contributed by atoms with van der Waals surface area (Å²) in [5, 5.41) is 20.6. The Morgan fingerprint density at radius 2 is 1.43 bits per heavy atom. The Morgan fingerprint density at radius 3 is 2.30 bits per heavy atom. The van der Waals surface area contributed by atoms with Crippen LogP contribution in [0.15, 0.2) is 12.2 Å². The molecule has 11 rings (SSSR count). The van der Waals surface area contributed by atoms with Gasteiger partial charge < -0.3 is 57.6 Å². The molecule has 11 heterocycles. The molecule has 302 valence electrons. The first kappa shape index (κ1) is 37.1.